The van der Waals surface area contributed by atoms with Crippen LogP contribution in [0.1, 0.15) is 26.3 Å². The van der Waals surface area contributed by atoms with Crippen LogP contribution in [0.2, 0.25) is 0 Å². The number of aryl methyl sites for hydroxylation is 1. The highest BCUT2D eigenvalue weighted by molar-refractivity contribution is 9.10. The number of carbonyl (C=O) groups excluding carboxylic acids is 2. The number of carbonyl (C=O) groups is 2. The molecule has 3 nitrogen and oxygen atoms in total. The first-order valence-electron chi connectivity index (χ1n) is 6.04. The number of hydrogen-bond acceptors (Lipinski definition) is 2. The Morgan fingerprint density at radius 3 is 2.33 bits per heavy atom. The maximum atomic E-state index is 14.0. The van der Waals surface area contributed by atoms with Crippen molar-refractivity contribution >= 4 is 33.4 Å². The lowest BCUT2D eigenvalue weighted by Crippen LogP contribution is -2.30. The third-order valence-electron chi connectivity index (χ3n) is 3.27. The Kier molecular flexibility index (Phi) is 3.13. The molecule has 3 rings (SSSR count). The molecular formula is C15H8BrF2NO2. The molecular weight excluding hydrogens is 344 g/mol. The van der Waals surface area contributed by atoms with Crippen molar-refractivity contribution in [2.75, 3.05) is 4.90 Å². The standard InChI is InChI=1S/C15H8BrF2NO2/c1-7-2-3-8-9(4-7)15(21)19(14(8)20)13-6-11(17)10(16)5-12(13)18/h2-6H,1H3. The Bertz CT molecular complexity index is 805. The predicted molar refractivity (Wildman–Crippen MR) is 76.4 cm³/mol. The molecule has 0 bridgehead atoms. The number of rotatable bonds is 1. The van der Waals surface area contributed by atoms with Crippen molar-refractivity contribution in [2.45, 2.75) is 6.92 Å². The molecule has 106 valence electrons. The molecule has 0 atom stereocenters. The van der Waals surface area contributed by atoms with E-state index in [1.165, 1.54) is 6.07 Å². The normalized spacial score (nSPS) is 13.8. The van der Waals surface area contributed by atoms with Gasteiger partial charge < -0.3 is 0 Å². The molecule has 0 saturated carbocycles. The zero-order chi connectivity index (χ0) is 15.3. The van der Waals surface area contributed by atoms with Gasteiger partial charge in [0.05, 0.1) is 21.3 Å². The molecule has 0 aliphatic carbocycles. The van der Waals surface area contributed by atoms with Crippen molar-refractivity contribution in [3.05, 3.63) is 63.1 Å². The summed E-state index contributed by atoms with van der Waals surface area (Å²) in [6.07, 6.45) is 0. The van der Waals surface area contributed by atoms with E-state index >= 15 is 0 Å². The molecule has 2 amide bonds. The van der Waals surface area contributed by atoms with Gasteiger partial charge in [-0.25, -0.2) is 13.7 Å². The number of nitrogens with zero attached hydrogens (tertiary/aromatic N) is 1. The van der Waals surface area contributed by atoms with Gasteiger partial charge >= 0.3 is 0 Å². The fourth-order valence-corrected chi connectivity index (χ4v) is 2.57. The van der Waals surface area contributed by atoms with Gasteiger partial charge in [0.2, 0.25) is 0 Å². The lowest BCUT2D eigenvalue weighted by molar-refractivity contribution is 0.0925. The molecule has 0 aromatic heterocycles. The topological polar surface area (TPSA) is 37.4 Å². The Morgan fingerprint density at radius 2 is 1.62 bits per heavy atom. The van der Waals surface area contributed by atoms with Gasteiger partial charge in [0.1, 0.15) is 11.6 Å². The van der Waals surface area contributed by atoms with Crippen LogP contribution in [0, 0.1) is 18.6 Å². The van der Waals surface area contributed by atoms with E-state index < -0.39 is 23.4 Å². The quantitative estimate of drug-likeness (QED) is 0.578. The summed E-state index contributed by atoms with van der Waals surface area (Å²) < 4.78 is 27.5. The average molecular weight is 352 g/mol. The van der Waals surface area contributed by atoms with Crippen molar-refractivity contribution in [3.63, 3.8) is 0 Å². The van der Waals surface area contributed by atoms with E-state index in [4.69, 9.17) is 0 Å². The highest BCUT2D eigenvalue weighted by Crippen LogP contribution is 2.33. The predicted octanol–water partition coefficient (Wildman–Crippen LogP) is 3.84. The van der Waals surface area contributed by atoms with E-state index in [0.717, 1.165) is 17.7 Å². The Balaban J connectivity index is 2.16. The van der Waals surface area contributed by atoms with Gasteiger partial charge in [-0.1, -0.05) is 11.6 Å². The number of benzene rings is 2. The van der Waals surface area contributed by atoms with E-state index in [1.807, 2.05) is 0 Å². The van der Waals surface area contributed by atoms with Crippen LogP contribution < -0.4 is 4.90 Å². The summed E-state index contributed by atoms with van der Waals surface area (Å²) >= 11 is 2.85. The van der Waals surface area contributed by atoms with E-state index in [1.54, 1.807) is 19.1 Å². The van der Waals surface area contributed by atoms with Crippen LogP contribution in [0.3, 0.4) is 0 Å². The Labute approximate surface area is 127 Å². The van der Waals surface area contributed by atoms with Crippen molar-refractivity contribution in [3.8, 4) is 0 Å². The molecule has 2 aromatic carbocycles. The molecule has 0 saturated heterocycles. The molecule has 1 heterocycles. The zero-order valence-electron chi connectivity index (χ0n) is 10.8. The SMILES string of the molecule is Cc1ccc2c(c1)C(=O)N(c1cc(F)c(Br)cc1F)C2=O. The van der Waals surface area contributed by atoms with Crippen molar-refractivity contribution in [1.29, 1.82) is 0 Å². The fraction of sp³-hybridized carbons (Fsp3) is 0.0667. The Hall–Kier alpha value is -2.08. The monoisotopic (exact) mass is 351 g/mol. The first-order valence-corrected chi connectivity index (χ1v) is 6.83. The van der Waals surface area contributed by atoms with Crippen LogP contribution in [-0.2, 0) is 0 Å². The Morgan fingerprint density at radius 1 is 0.952 bits per heavy atom. The summed E-state index contributed by atoms with van der Waals surface area (Å²) in [5.41, 5.74) is 0.801. The van der Waals surface area contributed by atoms with Gasteiger partial charge in [0.15, 0.2) is 0 Å². The van der Waals surface area contributed by atoms with E-state index in [9.17, 15) is 18.4 Å². The van der Waals surface area contributed by atoms with Crippen molar-refractivity contribution < 1.29 is 18.4 Å². The van der Waals surface area contributed by atoms with E-state index in [0.29, 0.717) is 4.90 Å². The molecule has 0 radical (unpaired) electrons. The number of hydrogen-bond donors (Lipinski definition) is 0. The lowest BCUT2D eigenvalue weighted by Gasteiger charge is -2.15. The third kappa shape index (κ3) is 2.06. The van der Waals surface area contributed by atoms with Crippen LogP contribution in [0.4, 0.5) is 14.5 Å². The van der Waals surface area contributed by atoms with Gasteiger partial charge in [-0.05, 0) is 41.1 Å². The summed E-state index contributed by atoms with van der Waals surface area (Å²) in [4.78, 5) is 25.2. The summed E-state index contributed by atoms with van der Waals surface area (Å²) in [5.74, 6) is -2.91. The van der Waals surface area contributed by atoms with Crippen LogP contribution in [0.5, 0.6) is 0 Å². The molecule has 0 fully saturated rings. The van der Waals surface area contributed by atoms with E-state index in [-0.39, 0.29) is 21.3 Å². The molecule has 0 unspecified atom stereocenters. The summed E-state index contributed by atoms with van der Waals surface area (Å²) in [7, 11) is 0. The number of imide groups is 1. The van der Waals surface area contributed by atoms with Gasteiger partial charge in [0.25, 0.3) is 11.8 Å². The summed E-state index contributed by atoms with van der Waals surface area (Å²) in [6, 6.07) is 6.47. The van der Waals surface area contributed by atoms with Crippen LogP contribution >= 0.6 is 15.9 Å². The number of amides is 2. The first-order chi connectivity index (χ1) is 9.90. The van der Waals surface area contributed by atoms with Gasteiger partial charge in [-0.3, -0.25) is 9.59 Å². The second kappa shape index (κ2) is 4.73. The van der Waals surface area contributed by atoms with Crippen molar-refractivity contribution in [1.82, 2.24) is 0 Å². The molecule has 6 heteroatoms. The fourth-order valence-electron chi connectivity index (χ4n) is 2.26. The highest BCUT2D eigenvalue weighted by Gasteiger charge is 2.38. The molecule has 0 spiro atoms. The maximum absolute atomic E-state index is 14.0. The second-order valence-electron chi connectivity index (χ2n) is 4.71. The maximum Gasteiger partial charge on any atom is 0.266 e. The molecule has 2 aromatic rings. The van der Waals surface area contributed by atoms with Gasteiger partial charge in [0, 0.05) is 6.07 Å². The minimum Gasteiger partial charge on any atom is -0.268 e. The minimum absolute atomic E-state index is 0.0730. The molecule has 0 N–H and O–H groups in total. The van der Waals surface area contributed by atoms with Crippen LogP contribution in [0.25, 0.3) is 0 Å². The lowest BCUT2D eigenvalue weighted by atomic mass is 10.1. The van der Waals surface area contributed by atoms with Gasteiger partial charge in [-0.2, -0.15) is 0 Å². The van der Waals surface area contributed by atoms with Crippen LogP contribution in [-0.4, -0.2) is 11.8 Å². The average Bonchev–Trinajstić information content (AvgIpc) is 2.66. The third-order valence-corrected chi connectivity index (χ3v) is 3.88. The highest BCUT2D eigenvalue weighted by atomic mass is 79.9. The molecule has 1 aliphatic rings. The number of anilines is 1. The zero-order valence-corrected chi connectivity index (χ0v) is 12.4. The van der Waals surface area contributed by atoms with Crippen molar-refractivity contribution in [2.24, 2.45) is 0 Å². The summed E-state index contributed by atoms with van der Waals surface area (Å²) in [6.45, 7) is 1.78. The number of fused-ring (bicyclic) bond motifs is 1. The van der Waals surface area contributed by atoms with Gasteiger partial charge in [-0.15, -0.1) is 0 Å². The smallest absolute Gasteiger partial charge is 0.266 e. The second-order valence-corrected chi connectivity index (χ2v) is 5.57. The molecule has 1 aliphatic heterocycles. The number of halogens is 3. The molecule has 21 heavy (non-hydrogen) atoms. The largest absolute Gasteiger partial charge is 0.268 e. The first kappa shape index (κ1) is 13.9. The summed E-state index contributed by atoms with van der Waals surface area (Å²) in [5, 5.41) is 0. The minimum atomic E-state index is -0.852. The van der Waals surface area contributed by atoms with Crippen LogP contribution in [0.15, 0.2) is 34.8 Å². The van der Waals surface area contributed by atoms with E-state index in [2.05, 4.69) is 15.9 Å².